The summed E-state index contributed by atoms with van der Waals surface area (Å²) in [4.78, 5) is 0. The van der Waals surface area contributed by atoms with Crippen molar-refractivity contribution in [2.45, 2.75) is 19.8 Å². The fourth-order valence-corrected chi connectivity index (χ4v) is 1.47. The molecule has 1 aromatic carbocycles. The van der Waals surface area contributed by atoms with Gasteiger partial charge in [-0.1, -0.05) is 32.0 Å². The first kappa shape index (κ1) is 7.35. The number of hydrogen-bond acceptors (Lipinski definition) is 1. The van der Waals surface area contributed by atoms with Crippen LogP contribution in [-0.4, -0.2) is 10.2 Å². The summed E-state index contributed by atoms with van der Waals surface area (Å²) in [6.45, 7) is 4.38. The Morgan fingerprint density at radius 3 is 3.00 bits per heavy atom. The zero-order chi connectivity index (χ0) is 8.55. The van der Waals surface area contributed by atoms with Crippen LogP contribution < -0.4 is 0 Å². The zero-order valence-electron chi connectivity index (χ0n) is 7.33. The van der Waals surface area contributed by atoms with Crippen molar-refractivity contribution >= 4 is 10.9 Å². The molecule has 12 heavy (non-hydrogen) atoms. The Hall–Kier alpha value is -1.31. The number of rotatable bonds is 1. The standard InChI is InChI=1S/C10H12N2.H2/c1-7(2)9-5-3-4-8-6-11-12-10(8)9;/h3-7H,1-2H3,(H,11,12);1H. The Bertz CT molecular complexity index is 392. The number of aromatic nitrogens is 2. The van der Waals surface area contributed by atoms with Crippen molar-refractivity contribution < 1.29 is 1.43 Å². The van der Waals surface area contributed by atoms with Gasteiger partial charge in [-0.2, -0.15) is 5.10 Å². The Labute approximate surface area is 73.1 Å². The van der Waals surface area contributed by atoms with Crippen molar-refractivity contribution in [2.24, 2.45) is 0 Å². The number of nitrogens with one attached hydrogen (secondary N) is 1. The van der Waals surface area contributed by atoms with Gasteiger partial charge in [0.25, 0.3) is 0 Å². The second-order valence-electron chi connectivity index (χ2n) is 3.34. The Kier molecular flexibility index (Phi) is 1.61. The van der Waals surface area contributed by atoms with E-state index >= 15 is 0 Å². The van der Waals surface area contributed by atoms with Gasteiger partial charge in [0.2, 0.25) is 0 Å². The summed E-state index contributed by atoms with van der Waals surface area (Å²) in [5.74, 6) is 0.550. The molecule has 0 amide bonds. The molecular formula is C10H14N2. The quantitative estimate of drug-likeness (QED) is 0.686. The van der Waals surface area contributed by atoms with Gasteiger partial charge in [-0.3, -0.25) is 5.10 Å². The van der Waals surface area contributed by atoms with E-state index in [1.807, 2.05) is 6.20 Å². The maximum Gasteiger partial charge on any atom is 0.0684 e. The molecule has 0 saturated heterocycles. The summed E-state index contributed by atoms with van der Waals surface area (Å²) in [6.07, 6.45) is 1.86. The number of fused-ring (bicyclic) bond motifs is 1. The van der Waals surface area contributed by atoms with Crippen LogP contribution in [0.25, 0.3) is 10.9 Å². The Morgan fingerprint density at radius 2 is 2.25 bits per heavy atom. The number of aromatic amines is 1. The molecule has 0 saturated carbocycles. The highest BCUT2D eigenvalue weighted by molar-refractivity contribution is 5.81. The van der Waals surface area contributed by atoms with Gasteiger partial charge in [-0.05, 0) is 11.5 Å². The van der Waals surface area contributed by atoms with Crippen molar-refractivity contribution in [1.82, 2.24) is 10.2 Å². The Balaban J connectivity index is 0.000000845. The summed E-state index contributed by atoms with van der Waals surface area (Å²) in [6, 6.07) is 6.29. The fraction of sp³-hybridized carbons (Fsp3) is 0.300. The van der Waals surface area contributed by atoms with E-state index in [9.17, 15) is 0 Å². The largest absolute Gasteiger partial charge is 0.278 e. The van der Waals surface area contributed by atoms with E-state index in [0.29, 0.717) is 5.92 Å². The Morgan fingerprint density at radius 1 is 1.42 bits per heavy atom. The number of benzene rings is 1. The highest BCUT2D eigenvalue weighted by Crippen LogP contribution is 2.22. The minimum absolute atomic E-state index is 0. The summed E-state index contributed by atoms with van der Waals surface area (Å²) < 4.78 is 0. The number of hydrogen-bond donors (Lipinski definition) is 1. The predicted octanol–water partition coefficient (Wildman–Crippen LogP) is 2.93. The second kappa shape index (κ2) is 2.63. The van der Waals surface area contributed by atoms with E-state index in [2.05, 4.69) is 42.2 Å². The van der Waals surface area contributed by atoms with Crippen LogP contribution in [0.3, 0.4) is 0 Å². The third-order valence-electron chi connectivity index (χ3n) is 2.13. The van der Waals surface area contributed by atoms with Crippen LogP contribution in [-0.2, 0) is 0 Å². The third kappa shape index (κ3) is 0.998. The molecule has 1 N–H and O–H groups in total. The molecule has 2 aromatic rings. The zero-order valence-corrected chi connectivity index (χ0v) is 7.33. The minimum Gasteiger partial charge on any atom is -0.278 e. The van der Waals surface area contributed by atoms with Gasteiger partial charge in [0, 0.05) is 6.81 Å². The summed E-state index contributed by atoms with van der Waals surface area (Å²) >= 11 is 0. The van der Waals surface area contributed by atoms with Crippen LogP contribution in [0.4, 0.5) is 0 Å². The van der Waals surface area contributed by atoms with Gasteiger partial charge in [-0.25, -0.2) is 0 Å². The third-order valence-corrected chi connectivity index (χ3v) is 2.13. The highest BCUT2D eigenvalue weighted by Gasteiger charge is 2.04. The van der Waals surface area contributed by atoms with Crippen molar-refractivity contribution in [3.8, 4) is 0 Å². The maximum atomic E-state index is 4.02. The molecule has 0 atom stereocenters. The van der Waals surface area contributed by atoms with Gasteiger partial charge in [0.1, 0.15) is 0 Å². The van der Waals surface area contributed by atoms with Crippen LogP contribution in [0.15, 0.2) is 24.4 Å². The van der Waals surface area contributed by atoms with Gasteiger partial charge in [0.15, 0.2) is 0 Å². The predicted molar refractivity (Wildman–Crippen MR) is 52.3 cm³/mol. The lowest BCUT2D eigenvalue weighted by Crippen LogP contribution is -1.88. The van der Waals surface area contributed by atoms with Gasteiger partial charge in [-0.15, -0.1) is 0 Å². The first-order chi connectivity index (χ1) is 5.79. The van der Waals surface area contributed by atoms with E-state index in [1.165, 1.54) is 16.5 Å². The molecule has 0 bridgehead atoms. The molecule has 0 aliphatic rings. The van der Waals surface area contributed by atoms with Crippen LogP contribution >= 0.6 is 0 Å². The summed E-state index contributed by atoms with van der Waals surface area (Å²) in [7, 11) is 0. The average molecular weight is 162 g/mol. The smallest absolute Gasteiger partial charge is 0.0684 e. The van der Waals surface area contributed by atoms with Gasteiger partial charge >= 0.3 is 0 Å². The molecule has 0 fully saturated rings. The van der Waals surface area contributed by atoms with Crippen molar-refractivity contribution in [3.63, 3.8) is 0 Å². The van der Waals surface area contributed by atoms with Crippen LogP contribution in [0.2, 0.25) is 0 Å². The molecule has 2 nitrogen and oxygen atoms in total. The SMILES string of the molecule is CC(C)c1cccc2cn[nH]c12.[HH]. The lowest BCUT2D eigenvalue weighted by molar-refractivity contribution is 0.871. The maximum absolute atomic E-state index is 4.02. The minimum atomic E-state index is 0. The van der Waals surface area contributed by atoms with Crippen LogP contribution in [0.1, 0.15) is 26.8 Å². The molecule has 0 unspecified atom stereocenters. The summed E-state index contributed by atoms with van der Waals surface area (Å²) in [5.41, 5.74) is 2.51. The van der Waals surface area contributed by atoms with E-state index < -0.39 is 0 Å². The molecule has 0 radical (unpaired) electrons. The van der Waals surface area contributed by atoms with E-state index in [-0.39, 0.29) is 1.43 Å². The molecule has 64 valence electrons. The first-order valence-corrected chi connectivity index (χ1v) is 4.21. The fourth-order valence-electron chi connectivity index (χ4n) is 1.47. The monoisotopic (exact) mass is 162 g/mol. The first-order valence-electron chi connectivity index (χ1n) is 4.21. The lowest BCUT2D eigenvalue weighted by Gasteiger charge is -2.05. The van der Waals surface area contributed by atoms with E-state index in [4.69, 9.17) is 0 Å². The van der Waals surface area contributed by atoms with Crippen LogP contribution in [0, 0.1) is 0 Å². The molecular weight excluding hydrogens is 148 g/mol. The lowest BCUT2D eigenvalue weighted by atomic mass is 10.0. The molecule has 2 heteroatoms. The second-order valence-corrected chi connectivity index (χ2v) is 3.34. The number of para-hydroxylation sites is 1. The van der Waals surface area contributed by atoms with Crippen LogP contribution in [0.5, 0.6) is 0 Å². The van der Waals surface area contributed by atoms with Crippen molar-refractivity contribution in [1.29, 1.82) is 0 Å². The number of H-pyrrole nitrogens is 1. The van der Waals surface area contributed by atoms with Crippen molar-refractivity contribution in [3.05, 3.63) is 30.0 Å². The molecule has 0 aliphatic carbocycles. The van der Waals surface area contributed by atoms with Crippen molar-refractivity contribution in [2.75, 3.05) is 0 Å². The highest BCUT2D eigenvalue weighted by atomic mass is 15.1. The molecule has 0 spiro atoms. The molecule has 0 aliphatic heterocycles. The van der Waals surface area contributed by atoms with Gasteiger partial charge in [0.05, 0.1) is 11.7 Å². The van der Waals surface area contributed by atoms with E-state index in [1.54, 1.807) is 0 Å². The molecule has 1 aromatic heterocycles. The molecule has 2 rings (SSSR count). The topological polar surface area (TPSA) is 28.7 Å². The van der Waals surface area contributed by atoms with E-state index in [0.717, 1.165) is 0 Å². The summed E-state index contributed by atoms with van der Waals surface area (Å²) in [5, 5.41) is 8.23. The molecule has 1 heterocycles. The number of nitrogens with zero attached hydrogens (tertiary/aromatic N) is 1. The normalized spacial score (nSPS) is 11.2. The average Bonchev–Trinajstić information content (AvgIpc) is 2.49. The van der Waals surface area contributed by atoms with Gasteiger partial charge < -0.3 is 0 Å².